The van der Waals surface area contributed by atoms with Crippen LogP contribution in [0.3, 0.4) is 0 Å². The Morgan fingerprint density at radius 2 is 2.00 bits per heavy atom. The molecule has 1 atom stereocenters. The second-order valence-electron chi connectivity index (χ2n) is 8.14. The molecule has 10 heteroatoms. The molecule has 0 bridgehead atoms. The van der Waals surface area contributed by atoms with Crippen LogP contribution in [-0.2, 0) is 22.8 Å². The molecule has 32 heavy (non-hydrogen) atoms. The van der Waals surface area contributed by atoms with Gasteiger partial charge in [0.1, 0.15) is 5.82 Å². The van der Waals surface area contributed by atoms with Gasteiger partial charge in [-0.3, -0.25) is 4.79 Å². The van der Waals surface area contributed by atoms with E-state index >= 15 is 0 Å². The van der Waals surface area contributed by atoms with E-state index < -0.39 is 9.84 Å². The minimum absolute atomic E-state index is 0.00595. The van der Waals surface area contributed by atoms with Crippen LogP contribution in [0.15, 0.2) is 40.0 Å². The number of rotatable bonds is 8. The number of aromatic nitrogens is 3. The maximum absolute atomic E-state index is 13.2. The minimum Gasteiger partial charge on any atom is -0.416 e. The fourth-order valence-electron chi connectivity index (χ4n) is 3.96. The van der Waals surface area contributed by atoms with Crippen LogP contribution >= 0.6 is 11.8 Å². The Morgan fingerprint density at radius 3 is 2.69 bits per heavy atom. The first-order valence-corrected chi connectivity index (χ1v) is 13.1. The normalized spacial score (nSPS) is 17.7. The Balaban J connectivity index is 1.36. The zero-order valence-corrected chi connectivity index (χ0v) is 19.5. The van der Waals surface area contributed by atoms with E-state index in [0.29, 0.717) is 36.1 Å². The lowest BCUT2D eigenvalue weighted by Gasteiger charge is -2.10. The van der Waals surface area contributed by atoms with Crippen molar-refractivity contribution in [1.29, 1.82) is 0 Å². The summed E-state index contributed by atoms with van der Waals surface area (Å²) in [5.74, 6) is 0.604. The number of ketones is 1. The van der Waals surface area contributed by atoms with Gasteiger partial charge in [-0.2, -0.15) is 0 Å². The fourth-order valence-corrected chi connectivity index (χ4v) is 6.49. The van der Waals surface area contributed by atoms with Crippen LogP contribution in [0.5, 0.6) is 0 Å². The Morgan fingerprint density at radius 1 is 1.25 bits per heavy atom. The van der Waals surface area contributed by atoms with Gasteiger partial charge >= 0.3 is 0 Å². The molecular formula is C22H24FN3O4S2. The van der Waals surface area contributed by atoms with Crippen molar-refractivity contribution in [1.82, 2.24) is 14.8 Å². The molecule has 3 heterocycles. The van der Waals surface area contributed by atoms with Gasteiger partial charge in [0.15, 0.2) is 15.6 Å². The molecule has 3 aromatic rings. The molecule has 170 valence electrons. The van der Waals surface area contributed by atoms with Gasteiger partial charge in [0, 0.05) is 29.9 Å². The number of benzene rings is 1. The maximum atomic E-state index is 13.2. The average Bonchev–Trinajstić information content (AvgIpc) is 3.41. The number of halogens is 1. The van der Waals surface area contributed by atoms with Crippen molar-refractivity contribution in [2.75, 3.05) is 17.3 Å². The van der Waals surface area contributed by atoms with Gasteiger partial charge in [-0.1, -0.05) is 23.9 Å². The molecule has 1 saturated heterocycles. The van der Waals surface area contributed by atoms with Crippen LogP contribution in [0.25, 0.3) is 0 Å². The van der Waals surface area contributed by atoms with Crippen molar-refractivity contribution in [3.63, 3.8) is 0 Å². The molecule has 1 fully saturated rings. The molecule has 4 rings (SSSR count). The second-order valence-corrected chi connectivity index (χ2v) is 11.3. The van der Waals surface area contributed by atoms with Crippen LogP contribution in [0.1, 0.15) is 39.6 Å². The molecule has 0 radical (unpaired) electrons. The first-order valence-electron chi connectivity index (χ1n) is 10.3. The molecule has 2 aromatic heterocycles. The Hall–Kier alpha value is -2.46. The first-order chi connectivity index (χ1) is 15.2. The number of Topliss-reactive ketones (excluding diaryl/α,β-unsaturated/α-hetero) is 1. The predicted molar refractivity (Wildman–Crippen MR) is 119 cm³/mol. The van der Waals surface area contributed by atoms with E-state index in [9.17, 15) is 17.6 Å². The number of hydrogen-bond donors (Lipinski definition) is 0. The zero-order chi connectivity index (χ0) is 22.9. The molecule has 0 N–H and O–H groups in total. The highest BCUT2D eigenvalue weighted by Crippen LogP contribution is 2.25. The minimum atomic E-state index is -2.95. The van der Waals surface area contributed by atoms with E-state index in [1.54, 1.807) is 12.1 Å². The van der Waals surface area contributed by atoms with Gasteiger partial charge in [-0.05, 0) is 49.9 Å². The van der Waals surface area contributed by atoms with Crippen LogP contribution in [0.4, 0.5) is 4.39 Å². The summed E-state index contributed by atoms with van der Waals surface area (Å²) < 4.78 is 44.0. The molecule has 1 unspecified atom stereocenters. The van der Waals surface area contributed by atoms with E-state index in [-0.39, 0.29) is 34.8 Å². The molecule has 1 aliphatic rings. The highest BCUT2D eigenvalue weighted by atomic mass is 32.2. The summed E-state index contributed by atoms with van der Waals surface area (Å²) in [4.78, 5) is 12.8. The molecule has 0 spiro atoms. The Bertz CT molecular complexity index is 1230. The largest absolute Gasteiger partial charge is 0.416 e. The van der Waals surface area contributed by atoms with Gasteiger partial charge in [-0.25, -0.2) is 12.8 Å². The standard InChI is InChI=1S/C22H24FN3O4S2/c1-14-9-19(15(2)26(14)11-16-3-5-18(23)6-4-16)20(27)12-31-22-25-24-21(30-22)10-17-7-8-32(28,29)13-17/h3-6,9,17H,7-8,10-13H2,1-2H3. The third kappa shape index (κ3) is 5.29. The number of carbonyl (C=O) groups is 1. The van der Waals surface area contributed by atoms with E-state index in [1.165, 1.54) is 23.9 Å². The Labute approximate surface area is 190 Å². The molecule has 0 amide bonds. The molecule has 0 aliphatic carbocycles. The number of nitrogens with zero attached hydrogens (tertiary/aromatic N) is 3. The fraction of sp³-hybridized carbons (Fsp3) is 0.409. The van der Waals surface area contributed by atoms with Crippen LogP contribution in [0, 0.1) is 25.6 Å². The summed E-state index contributed by atoms with van der Waals surface area (Å²) in [5.41, 5.74) is 3.39. The van der Waals surface area contributed by atoms with Crippen molar-refractivity contribution < 1.29 is 22.0 Å². The third-order valence-electron chi connectivity index (χ3n) is 5.69. The topological polar surface area (TPSA) is 95.1 Å². The summed E-state index contributed by atoms with van der Waals surface area (Å²) in [6.07, 6.45) is 1.05. The van der Waals surface area contributed by atoms with Gasteiger partial charge in [0.25, 0.3) is 5.22 Å². The van der Waals surface area contributed by atoms with Crippen LogP contribution in [0.2, 0.25) is 0 Å². The van der Waals surface area contributed by atoms with Gasteiger partial charge in [-0.15, -0.1) is 10.2 Å². The first kappa shape index (κ1) is 22.7. The summed E-state index contributed by atoms with van der Waals surface area (Å²) in [5, 5.41) is 8.27. The van der Waals surface area contributed by atoms with Crippen molar-refractivity contribution in [2.45, 2.75) is 38.5 Å². The van der Waals surface area contributed by atoms with Crippen molar-refractivity contribution in [2.24, 2.45) is 5.92 Å². The predicted octanol–water partition coefficient (Wildman–Crippen LogP) is 3.63. The lowest BCUT2D eigenvalue weighted by Crippen LogP contribution is -2.07. The number of hydrogen-bond acceptors (Lipinski definition) is 7. The zero-order valence-electron chi connectivity index (χ0n) is 17.9. The van der Waals surface area contributed by atoms with Crippen molar-refractivity contribution >= 4 is 27.4 Å². The summed E-state index contributed by atoms with van der Waals surface area (Å²) in [6.45, 7) is 4.39. The highest BCUT2D eigenvalue weighted by Gasteiger charge is 2.29. The van der Waals surface area contributed by atoms with E-state index in [0.717, 1.165) is 17.0 Å². The quantitative estimate of drug-likeness (QED) is 0.361. The summed E-state index contributed by atoms with van der Waals surface area (Å²) in [7, 11) is -2.95. The SMILES string of the molecule is Cc1cc(C(=O)CSc2nnc(CC3CCS(=O)(=O)C3)o2)c(C)n1Cc1ccc(F)cc1. The monoisotopic (exact) mass is 477 g/mol. The van der Waals surface area contributed by atoms with E-state index in [2.05, 4.69) is 10.2 Å². The lowest BCUT2D eigenvalue weighted by molar-refractivity contribution is 0.102. The number of carbonyl (C=O) groups excluding carboxylic acids is 1. The number of aryl methyl sites for hydroxylation is 1. The van der Waals surface area contributed by atoms with Gasteiger partial charge in [0.2, 0.25) is 5.89 Å². The summed E-state index contributed by atoms with van der Waals surface area (Å²) in [6, 6.07) is 8.19. The van der Waals surface area contributed by atoms with Gasteiger partial charge < -0.3 is 8.98 Å². The summed E-state index contributed by atoms with van der Waals surface area (Å²) >= 11 is 1.17. The van der Waals surface area contributed by atoms with Crippen molar-refractivity contribution in [3.05, 3.63) is 64.6 Å². The molecule has 7 nitrogen and oxygen atoms in total. The lowest BCUT2D eigenvalue weighted by atomic mass is 10.1. The Kier molecular flexibility index (Phi) is 6.52. The van der Waals surface area contributed by atoms with Gasteiger partial charge in [0.05, 0.1) is 17.3 Å². The number of sulfone groups is 1. The maximum Gasteiger partial charge on any atom is 0.277 e. The van der Waals surface area contributed by atoms with Crippen molar-refractivity contribution in [3.8, 4) is 0 Å². The highest BCUT2D eigenvalue weighted by molar-refractivity contribution is 7.99. The molecular weight excluding hydrogens is 453 g/mol. The van der Waals surface area contributed by atoms with Crippen LogP contribution in [-0.4, -0.2) is 46.2 Å². The second kappa shape index (κ2) is 9.19. The van der Waals surface area contributed by atoms with Crippen LogP contribution < -0.4 is 0 Å². The smallest absolute Gasteiger partial charge is 0.277 e. The third-order valence-corrected chi connectivity index (χ3v) is 8.35. The molecule has 1 aliphatic heterocycles. The molecule has 1 aromatic carbocycles. The average molecular weight is 478 g/mol. The molecule has 0 saturated carbocycles. The van der Waals surface area contributed by atoms with E-state index in [1.807, 2.05) is 24.5 Å². The number of thioether (sulfide) groups is 1. The van der Waals surface area contributed by atoms with E-state index in [4.69, 9.17) is 4.42 Å².